The molecule has 0 spiro atoms. The molecular weight excluding hydrogens is 202 g/mol. The molecule has 0 radical (unpaired) electrons. The molecule has 82 valence electrons. The minimum atomic E-state index is -0.877. The van der Waals surface area contributed by atoms with Crippen LogP contribution < -0.4 is 5.73 Å². The van der Waals surface area contributed by atoms with Gasteiger partial charge in [0, 0.05) is 6.54 Å². The number of nitrogens with two attached hydrogens (primary N) is 1. The van der Waals surface area contributed by atoms with Crippen molar-refractivity contribution in [3.05, 3.63) is 48.0 Å². The average Bonchev–Trinajstić information content (AvgIpc) is 2.29. The molecular formula is C13H13NO2. The normalized spacial score (nSPS) is 12.6. The molecule has 2 rings (SSSR count). The van der Waals surface area contributed by atoms with E-state index in [1.54, 1.807) is 0 Å². The number of hydrogen-bond donors (Lipinski definition) is 2. The Kier molecular flexibility index (Phi) is 2.88. The van der Waals surface area contributed by atoms with Gasteiger partial charge in [-0.05, 0) is 16.3 Å². The predicted molar refractivity (Wildman–Crippen MR) is 63.4 cm³/mol. The Morgan fingerprint density at radius 2 is 1.88 bits per heavy atom. The summed E-state index contributed by atoms with van der Waals surface area (Å²) in [7, 11) is 0. The van der Waals surface area contributed by atoms with Gasteiger partial charge in [0.2, 0.25) is 0 Å². The Balaban J connectivity index is 2.49. The van der Waals surface area contributed by atoms with Crippen LogP contribution in [0.5, 0.6) is 0 Å². The summed E-state index contributed by atoms with van der Waals surface area (Å²) >= 11 is 0. The van der Waals surface area contributed by atoms with E-state index in [1.165, 1.54) is 0 Å². The van der Waals surface area contributed by atoms with Crippen LogP contribution in [0.15, 0.2) is 42.5 Å². The summed E-state index contributed by atoms with van der Waals surface area (Å²) in [4.78, 5) is 11.0. The molecule has 3 N–H and O–H groups in total. The van der Waals surface area contributed by atoms with E-state index < -0.39 is 11.9 Å². The molecule has 0 aliphatic carbocycles. The fourth-order valence-electron chi connectivity index (χ4n) is 1.80. The van der Waals surface area contributed by atoms with Gasteiger partial charge in [-0.25, -0.2) is 0 Å². The maximum atomic E-state index is 11.0. The van der Waals surface area contributed by atoms with Crippen molar-refractivity contribution in [1.29, 1.82) is 0 Å². The Hall–Kier alpha value is -1.87. The van der Waals surface area contributed by atoms with Crippen molar-refractivity contribution in [3.63, 3.8) is 0 Å². The lowest BCUT2D eigenvalue weighted by atomic mass is 9.96. The highest BCUT2D eigenvalue weighted by molar-refractivity contribution is 5.85. The van der Waals surface area contributed by atoms with Crippen molar-refractivity contribution in [2.75, 3.05) is 6.54 Å². The first-order valence-corrected chi connectivity index (χ1v) is 5.14. The van der Waals surface area contributed by atoms with Gasteiger partial charge in [0.25, 0.3) is 0 Å². The van der Waals surface area contributed by atoms with E-state index in [9.17, 15) is 4.79 Å². The number of carboxylic acid groups (broad SMARTS) is 1. The third-order valence-electron chi connectivity index (χ3n) is 2.71. The second kappa shape index (κ2) is 4.33. The van der Waals surface area contributed by atoms with Crippen molar-refractivity contribution >= 4 is 16.7 Å². The summed E-state index contributed by atoms with van der Waals surface area (Å²) in [6.07, 6.45) is 0. The lowest BCUT2D eigenvalue weighted by molar-refractivity contribution is -0.138. The number of benzene rings is 2. The Labute approximate surface area is 93.5 Å². The molecule has 0 heterocycles. The van der Waals surface area contributed by atoms with Gasteiger partial charge in [-0.2, -0.15) is 0 Å². The summed E-state index contributed by atoms with van der Waals surface area (Å²) in [6.45, 7) is 0.119. The van der Waals surface area contributed by atoms with Crippen LogP contribution in [0, 0.1) is 0 Å². The highest BCUT2D eigenvalue weighted by atomic mass is 16.4. The summed E-state index contributed by atoms with van der Waals surface area (Å²) in [6, 6.07) is 13.5. The van der Waals surface area contributed by atoms with Gasteiger partial charge in [-0.3, -0.25) is 4.79 Å². The number of fused-ring (bicyclic) bond motifs is 1. The van der Waals surface area contributed by atoms with Crippen LogP contribution in [-0.4, -0.2) is 17.6 Å². The molecule has 0 aliphatic heterocycles. The highest BCUT2D eigenvalue weighted by Gasteiger charge is 2.17. The van der Waals surface area contributed by atoms with Crippen LogP contribution >= 0.6 is 0 Å². The smallest absolute Gasteiger partial charge is 0.312 e. The molecule has 1 atom stereocenters. The largest absolute Gasteiger partial charge is 0.481 e. The second-order valence-corrected chi connectivity index (χ2v) is 3.73. The zero-order chi connectivity index (χ0) is 11.5. The molecule has 0 fully saturated rings. The number of carbonyl (C=O) groups is 1. The van der Waals surface area contributed by atoms with E-state index in [2.05, 4.69) is 0 Å². The first kappa shape index (κ1) is 10.6. The van der Waals surface area contributed by atoms with E-state index in [1.807, 2.05) is 42.5 Å². The third-order valence-corrected chi connectivity index (χ3v) is 2.71. The van der Waals surface area contributed by atoms with Crippen LogP contribution in [0.25, 0.3) is 10.8 Å². The summed E-state index contributed by atoms with van der Waals surface area (Å²) in [5.41, 5.74) is 6.23. The minimum Gasteiger partial charge on any atom is -0.481 e. The maximum absolute atomic E-state index is 11.0. The summed E-state index contributed by atoms with van der Waals surface area (Å²) in [5, 5.41) is 11.2. The monoisotopic (exact) mass is 215 g/mol. The zero-order valence-electron chi connectivity index (χ0n) is 8.76. The summed E-state index contributed by atoms with van der Waals surface area (Å²) in [5.74, 6) is -1.50. The third kappa shape index (κ3) is 1.90. The quantitative estimate of drug-likeness (QED) is 0.822. The molecule has 0 unspecified atom stereocenters. The molecule has 3 nitrogen and oxygen atoms in total. The number of carboxylic acids is 1. The predicted octanol–water partition coefficient (Wildman–Crippen LogP) is 1.97. The number of aliphatic carboxylic acids is 1. The van der Waals surface area contributed by atoms with E-state index in [-0.39, 0.29) is 6.54 Å². The molecule has 2 aromatic carbocycles. The standard InChI is InChI=1S/C13H13NO2/c14-8-12(13(15)16)11-6-5-9-3-1-2-4-10(9)7-11/h1-7,12H,8,14H2,(H,15,16)/t12-/m0/s1. The SMILES string of the molecule is NC[C@H](C(=O)O)c1ccc2ccccc2c1. The highest BCUT2D eigenvalue weighted by Crippen LogP contribution is 2.21. The van der Waals surface area contributed by atoms with E-state index in [0.29, 0.717) is 0 Å². The Morgan fingerprint density at radius 3 is 2.50 bits per heavy atom. The van der Waals surface area contributed by atoms with E-state index in [4.69, 9.17) is 10.8 Å². The lowest BCUT2D eigenvalue weighted by Crippen LogP contribution is -2.20. The van der Waals surface area contributed by atoms with Crippen molar-refractivity contribution < 1.29 is 9.90 Å². The molecule has 0 bridgehead atoms. The molecule has 16 heavy (non-hydrogen) atoms. The molecule has 0 amide bonds. The first-order valence-electron chi connectivity index (χ1n) is 5.14. The molecule has 0 saturated heterocycles. The van der Waals surface area contributed by atoms with Crippen molar-refractivity contribution in [2.24, 2.45) is 5.73 Å². The van der Waals surface area contributed by atoms with Crippen molar-refractivity contribution in [2.45, 2.75) is 5.92 Å². The van der Waals surface area contributed by atoms with Crippen LogP contribution in [0.3, 0.4) is 0 Å². The van der Waals surface area contributed by atoms with E-state index >= 15 is 0 Å². The van der Waals surface area contributed by atoms with Gasteiger partial charge in [0.1, 0.15) is 0 Å². The minimum absolute atomic E-state index is 0.119. The topological polar surface area (TPSA) is 63.3 Å². The Bertz CT molecular complexity index is 522. The number of rotatable bonds is 3. The fraction of sp³-hybridized carbons (Fsp3) is 0.154. The molecule has 0 aliphatic rings. The molecule has 2 aromatic rings. The van der Waals surface area contributed by atoms with E-state index in [0.717, 1.165) is 16.3 Å². The van der Waals surface area contributed by atoms with Gasteiger partial charge in [-0.15, -0.1) is 0 Å². The van der Waals surface area contributed by atoms with Crippen LogP contribution in [0.2, 0.25) is 0 Å². The lowest BCUT2D eigenvalue weighted by Gasteiger charge is -2.10. The fourth-order valence-corrected chi connectivity index (χ4v) is 1.80. The van der Waals surface area contributed by atoms with Gasteiger partial charge >= 0.3 is 5.97 Å². The van der Waals surface area contributed by atoms with Gasteiger partial charge in [0.05, 0.1) is 5.92 Å². The first-order chi connectivity index (χ1) is 7.72. The van der Waals surface area contributed by atoms with Gasteiger partial charge < -0.3 is 10.8 Å². The molecule has 3 heteroatoms. The zero-order valence-corrected chi connectivity index (χ0v) is 8.76. The summed E-state index contributed by atoms with van der Waals surface area (Å²) < 4.78 is 0. The van der Waals surface area contributed by atoms with Crippen molar-refractivity contribution in [3.8, 4) is 0 Å². The maximum Gasteiger partial charge on any atom is 0.312 e. The molecule has 0 saturated carbocycles. The average molecular weight is 215 g/mol. The second-order valence-electron chi connectivity index (χ2n) is 3.73. The number of hydrogen-bond acceptors (Lipinski definition) is 2. The van der Waals surface area contributed by atoms with Crippen LogP contribution in [0.4, 0.5) is 0 Å². The van der Waals surface area contributed by atoms with Crippen molar-refractivity contribution in [1.82, 2.24) is 0 Å². The Morgan fingerprint density at radius 1 is 1.19 bits per heavy atom. The van der Waals surface area contributed by atoms with Crippen LogP contribution in [0.1, 0.15) is 11.5 Å². The van der Waals surface area contributed by atoms with Gasteiger partial charge in [-0.1, -0.05) is 42.5 Å². The van der Waals surface area contributed by atoms with Crippen LogP contribution in [-0.2, 0) is 4.79 Å². The van der Waals surface area contributed by atoms with Gasteiger partial charge in [0.15, 0.2) is 0 Å². The molecule has 0 aromatic heterocycles.